The maximum absolute atomic E-state index is 12.9. The molecule has 1 N–H and O–H groups in total. The van der Waals surface area contributed by atoms with Crippen LogP contribution in [0.5, 0.6) is 5.75 Å². The highest BCUT2D eigenvalue weighted by Gasteiger charge is 2.32. The second-order valence-electron chi connectivity index (χ2n) is 6.57. The number of aromatic amines is 1. The highest BCUT2D eigenvalue weighted by molar-refractivity contribution is 7.89. The van der Waals surface area contributed by atoms with E-state index in [4.69, 9.17) is 4.74 Å². The van der Waals surface area contributed by atoms with Gasteiger partial charge in [-0.05, 0) is 31.9 Å². The Morgan fingerprint density at radius 1 is 1.15 bits per heavy atom. The smallest absolute Gasteiger partial charge is 0.246 e. The molecular weight excluding hydrogens is 352 g/mol. The number of para-hydroxylation sites is 1. The highest BCUT2D eigenvalue weighted by Crippen LogP contribution is 2.23. The van der Waals surface area contributed by atoms with E-state index in [1.54, 1.807) is 25.3 Å². The third kappa shape index (κ3) is 3.77. The molecule has 7 nitrogen and oxygen atoms in total. The predicted molar refractivity (Wildman–Crippen MR) is 100.0 cm³/mol. The Hall–Kier alpha value is -1.90. The molecule has 1 aromatic carbocycles. The second kappa shape index (κ2) is 7.77. The number of nitrogens with zero attached hydrogens (tertiary/aromatic N) is 3. The summed E-state index contributed by atoms with van der Waals surface area (Å²) in [5, 5.41) is 6.78. The molecule has 1 aromatic heterocycles. The summed E-state index contributed by atoms with van der Waals surface area (Å²) < 4.78 is 32.7. The number of nitrogens with one attached hydrogen (secondary N) is 1. The van der Waals surface area contributed by atoms with Crippen LogP contribution >= 0.6 is 0 Å². The van der Waals surface area contributed by atoms with Gasteiger partial charge in [-0.15, -0.1) is 0 Å². The molecule has 142 valence electrons. The summed E-state index contributed by atoms with van der Waals surface area (Å²) in [5.74, 6) is 0.902. The van der Waals surface area contributed by atoms with Crippen LogP contribution in [-0.4, -0.2) is 67.7 Å². The van der Waals surface area contributed by atoms with Gasteiger partial charge in [0.1, 0.15) is 10.6 Å². The maximum Gasteiger partial charge on any atom is 0.246 e. The monoisotopic (exact) mass is 378 g/mol. The number of hydrogen-bond acceptors (Lipinski definition) is 5. The molecule has 3 rings (SSSR count). The Morgan fingerprint density at radius 2 is 1.85 bits per heavy atom. The Bertz CT molecular complexity index is 836. The van der Waals surface area contributed by atoms with Gasteiger partial charge in [0.25, 0.3) is 0 Å². The fourth-order valence-corrected chi connectivity index (χ4v) is 5.19. The first-order valence-electron chi connectivity index (χ1n) is 8.79. The SMILES string of the molecule is COc1ccccc1CCN1CCN(S(=O)(=O)c2c(C)n[nH]c2C)CC1. The van der Waals surface area contributed by atoms with Crippen molar-refractivity contribution in [1.29, 1.82) is 0 Å². The minimum Gasteiger partial charge on any atom is -0.496 e. The summed E-state index contributed by atoms with van der Waals surface area (Å²) in [4.78, 5) is 2.62. The molecule has 0 spiro atoms. The van der Waals surface area contributed by atoms with E-state index in [0.29, 0.717) is 29.4 Å². The number of ether oxygens (including phenoxy) is 1. The average Bonchev–Trinajstić information content (AvgIpc) is 2.99. The summed E-state index contributed by atoms with van der Waals surface area (Å²) in [5.41, 5.74) is 2.30. The molecule has 0 unspecified atom stereocenters. The van der Waals surface area contributed by atoms with Crippen LogP contribution in [0, 0.1) is 13.8 Å². The number of aromatic nitrogens is 2. The Kier molecular flexibility index (Phi) is 5.64. The average molecular weight is 378 g/mol. The lowest BCUT2D eigenvalue weighted by molar-refractivity contribution is 0.189. The molecule has 2 heterocycles. The van der Waals surface area contributed by atoms with Gasteiger partial charge < -0.3 is 9.64 Å². The molecule has 1 fully saturated rings. The number of rotatable bonds is 6. The number of H-pyrrole nitrogens is 1. The summed E-state index contributed by atoms with van der Waals surface area (Å²) in [6.45, 7) is 6.81. The molecule has 0 radical (unpaired) electrons. The third-order valence-electron chi connectivity index (χ3n) is 4.88. The van der Waals surface area contributed by atoms with Gasteiger partial charge in [-0.25, -0.2) is 8.42 Å². The zero-order chi connectivity index (χ0) is 18.7. The van der Waals surface area contributed by atoms with Crippen molar-refractivity contribution in [3.8, 4) is 5.75 Å². The van der Waals surface area contributed by atoms with Crippen molar-refractivity contribution < 1.29 is 13.2 Å². The number of methoxy groups -OCH3 is 1. The first kappa shape index (κ1) is 18.9. The third-order valence-corrected chi connectivity index (χ3v) is 7.04. The van der Waals surface area contributed by atoms with Gasteiger partial charge in [0.15, 0.2) is 0 Å². The van der Waals surface area contributed by atoms with Crippen LogP contribution in [0.25, 0.3) is 0 Å². The van der Waals surface area contributed by atoms with E-state index in [2.05, 4.69) is 21.2 Å². The van der Waals surface area contributed by atoms with Gasteiger partial charge in [0.2, 0.25) is 10.0 Å². The van der Waals surface area contributed by atoms with Crippen molar-refractivity contribution in [3.05, 3.63) is 41.2 Å². The number of aryl methyl sites for hydroxylation is 2. The number of sulfonamides is 1. The topological polar surface area (TPSA) is 78.5 Å². The zero-order valence-corrected chi connectivity index (χ0v) is 16.3. The van der Waals surface area contributed by atoms with Crippen molar-refractivity contribution in [3.63, 3.8) is 0 Å². The molecule has 0 amide bonds. The second-order valence-corrected chi connectivity index (χ2v) is 8.45. The van der Waals surface area contributed by atoms with E-state index >= 15 is 0 Å². The van der Waals surface area contributed by atoms with Gasteiger partial charge in [0.05, 0.1) is 18.5 Å². The standard InChI is InChI=1S/C18H26N4O3S/c1-14-18(15(2)20-19-14)26(23,24)22-12-10-21(11-13-22)9-8-16-6-4-5-7-17(16)25-3/h4-7H,8-13H2,1-3H3,(H,19,20). The van der Waals surface area contributed by atoms with E-state index < -0.39 is 10.0 Å². The van der Waals surface area contributed by atoms with Crippen LogP contribution < -0.4 is 4.74 Å². The summed E-state index contributed by atoms with van der Waals surface area (Å²) >= 11 is 0. The molecule has 0 saturated carbocycles. The van der Waals surface area contributed by atoms with Gasteiger partial charge in [0, 0.05) is 32.7 Å². The van der Waals surface area contributed by atoms with E-state index in [9.17, 15) is 8.42 Å². The van der Waals surface area contributed by atoms with Crippen molar-refractivity contribution in [2.45, 2.75) is 25.2 Å². The first-order valence-corrected chi connectivity index (χ1v) is 10.2. The fourth-order valence-electron chi connectivity index (χ4n) is 3.43. The van der Waals surface area contributed by atoms with Gasteiger partial charge in [-0.2, -0.15) is 9.40 Å². The van der Waals surface area contributed by atoms with Crippen LogP contribution in [0.15, 0.2) is 29.2 Å². The van der Waals surface area contributed by atoms with Gasteiger partial charge >= 0.3 is 0 Å². The quantitative estimate of drug-likeness (QED) is 0.826. The maximum atomic E-state index is 12.9. The van der Waals surface area contributed by atoms with E-state index in [-0.39, 0.29) is 0 Å². The molecule has 0 bridgehead atoms. The van der Waals surface area contributed by atoms with Crippen LogP contribution in [0.2, 0.25) is 0 Å². The lowest BCUT2D eigenvalue weighted by Gasteiger charge is -2.34. The molecule has 0 atom stereocenters. The van der Waals surface area contributed by atoms with E-state index in [0.717, 1.165) is 31.8 Å². The molecule has 1 saturated heterocycles. The number of hydrogen-bond donors (Lipinski definition) is 1. The van der Waals surface area contributed by atoms with Crippen molar-refractivity contribution in [2.24, 2.45) is 0 Å². The highest BCUT2D eigenvalue weighted by atomic mass is 32.2. The first-order chi connectivity index (χ1) is 12.4. The summed E-state index contributed by atoms with van der Waals surface area (Å²) in [7, 11) is -1.81. The normalized spacial score (nSPS) is 16.7. The number of benzene rings is 1. The van der Waals surface area contributed by atoms with Gasteiger partial charge in [-0.1, -0.05) is 18.2 Å². The van der Waals surface area contributed by atoms with E-state index in [1.165, 1.54) is 5.56 Å². The van der Waals surface area contributed by atoms with E-state index in [1.807, 2.05) is 18.2 Å². The molecule has 2 aromatic rings. The molecule has 8 heteroatoms. The Morgan fingerprint density at radius 3 is 2.46 bits per heavy atom. The van der Waals surface area contributed by atoms with Crippen molar-refractivity contribution >= 4 is 10.0 Å². The Balaban J connectivity index is 1.59. The summed E-state index contributed by atoms with van der Waals surface area (Å²) in [6.07, 6.45) is 0.886. The van der Waals surface area contributed by atoms with Crippen molar-refractivity contribution in [1.82, 2.24) is 19.4 Å². The lowest BCUT2D eigenvalue weighted by Crippen LogP contribution is -2.49. The van der Waals surface area contributed by atoms with Gasteiger partial charge in [-0.3, -0.25) is 5.10 Å². The van der Waals surface area contributed by atoms with Crippen LogP contribution in [0.3, 0.4) is 0 Å². The van der Waals surface area contributed by atoms with Crippen LogP contribution in [0.1, 0.15) is 17.0 Å². The molecule has 26 heavy (non-hydrogen) atoms. The molecule has 0 aliphatic carbocycles. The predicted octanol–water partition coefficient (Wildman–Crippen LogP) is 1.58. The molecular formula is C18H26N4O3S. The summed E-state index contributed by atoms with van der Waals surface area (Å²) in [6, 6.07) is 8.02. The van der Waals surface area contributed by atoms with Crippen LogP contribution in [0.4, 0.5) is 0 Å². The zero-order valence-electron chi connectivity index (χ0n) is 15.5. The number of piperazine rings is 1. The minimum atomic E-state index is -3.49. The molecule has 1 aliphatic heterocycles. The largest absolute Gasteiger partial charge is 0.496 e. The minimum absolute atomic E-state index is 0.319. The lowest BCUT2D eigenvalue weighted by atomic mass is 10.1. The van der Waals surface area contributed by atoms with Crippen molar-refractivity contribution in [2.75, 3.05) is 39.8 Å². The van der Waals surface area contributed by atoms with Crippen LogP contribution in [-0.2, 0) is 16.4 Å². The molecule has 1 aliphatic rings. The fraction of sp³-hybridized carbons (Fsp3) is 0.500. The Labute approximate surface area is 155 Å².